The molecule has 1 saturated carbocycles. The predicted octanol–water partition coefficient (Wildman–Crippen LogP) is 2.88. The second-order valence-corrected chi connectivity index (χ2v) is 5.11. The smallest absolute Gasteiger partial charge is 0.129 e. The summed E-state index contributed by atoms with van der Waals surface area (Å²) in [4.78, 5) is 7.20. The lowest BCUT2D eigenvalue weighted by atomic mass is 10.2. The fraction of sp³-hybridized carbons (Fsp3) is 0.667. The van der Waals surface area contributed by atoms with Crippen molar-refractivity contribution in [3.05, 3.63) is 23.4 Å². The van der Waals surface area contributed by atoms with Gasteiger partial charge in [0, 0.05) is 24.8 Å². The minimum atomic E-state index is 0.742. The molecule has 1 aliphatic carbocycles. The summed E-state index contributed by atoms with van der Waals surface area (Å²) in [5.74, 6) is 1.15. The zero-order valence-corrected chi connectivity index (χ0v) is 11.9. The molecule has 1 fully saturated rings. The molecule has 1 aromatic rings. The van der Waals surface area contributed by atoms with Gasteiger partial charge >= 0.3 is 0 Å². The molecular formula is C15H25N3. The van der Waals surface area contributed by atoms with Gasteiger partial charge < -0.3 is 10.2 Å². The van der Waals surface area contributed by atoms with Crippen LogP contribution in [-0.2, 0) is 6.54 Å². The summed E-state index contributed by atoms with van der Waals surface area (Å²) >= 11 is 0. The van der Waals surface area contributed by atoms with E-state index >= 15 is 0 Å². The predicted molar refractivity (Wildman–Crippen MR) is 77.0 cm³/mol. The highest BCUT2D eigenvalue weighted by Gasteiger charge is 2.28. The fourth-order valence-corrected chi connectivity index (χ4v) is 2.32. The number of aromatic nitrogens is 1. The first kappa shape index (κ1) is 13.3. The third kappa shape index (κ3) is 3.22. The first-order valence-corrected chi connectivity index (χ1v) is 7.20. The number of hydrogen-bond acceptors (Lipinski definition) is 3. The Morgan fingerprint density at radius 1 is 1.33 bits per heavy atom. The molecule has 1 N–H and O–H groups in total. The van der Waals surface area contributed by atoms with Crippen molar-refractivity contribution in [2.45, 2.75) is 52.6 Å². The molecule has 0 bridgehead atoms. The zero-order chi connectivity index (χ0) is 13.0. The molecule has 1 aromatic heterocycles. The highest BCUT2D eigenvalue weighted by atomic mass is 15.2. The summed E-state index contributed by atoms with van der Waals surface area (Å²) in [7, 11) is 0. The maximum atomic E-state index is 4.77. The lowest BCUT2D eigenvalue weighted by Gasteiger charge is -2.22. The SMILES string of the molecule is CCCNCc1ccc(N(CC)C2CC2)nc1C. The first-order chi connectivity index (χ1) is 8.76. The van der Waals surface area contributed by atoms with Gasteiger partial charge in [-0.2, -0.15) is 0 Å². The van der Waals surface area contributed by atoms with Gasteiger partial charge in [-0.25, -0.2) is 4.98 Å². The van der Waals surface area contributed by atoms with Crippen LogP contribution in [0.5, 0.6) is 0 Å². The molecule has 0 aromatic carbocycles. The van der Waals surface area contributed by atoms with Gasteiger partial charge in [0.15, 0.2) is 0 Å². The second-order valence-electron chi connectivity index (χ2n) is 5.11. The van der Waals surface area contributed by atoms with E-state index in [0.717, 1.165) is 37.2 Å². The molecule has 0 aliphatic heterocycles. The van der Waals surface area contributed by atoms with Crippen molar-refractivity contribution in [1.82, 2.24) is 10.3 Å². The number of anilines is 1. The summed E-state index contributed by atoms with van der Waals surface area (Å²) in [5, 5.41) is 3.44. The van der Waals surface area contributed by atoms with Crippen LogP contribution in [-0.4, -0.2) is 24.1 Å². The molecule has 0 amide bonds. The van der Waals surface area contributed by atoms with Crippen LogP contribution >= 0.6 is 0 Å². The Kier molecular flexibility index (Phi) is 4.59. The monoisotopic (exact) mass is 247 g/mol. The van der Waals surface area contributed by atoms with E-state index < -0.39 is 0 Å². The van der Waals surface area contributed by atoms with Crippen molar-refractivity contribution >= 4 is 5.82 Å². The van der Waals surface area contributed by atoms with Gasteiger partial charge in [-0.1, -0.05) is 13.0 Å². The van der Waals surface area contributed by atoms with Gasteiger partial charge in [0.25, 0.3) is 0 Å². The summed E-state index contributed by atoms with van der Waals surface area (Å²) in [6.45, 7) is 9.59. The largest absolute Gasteiger partial charge is 0.354 e. The standard InChI is InChI=1S/C15H25N3/c1-4-10-16-11-13-6-9-15(17-12(13)3)18(5-2)14-7-8-14/h6,9,14,16H,4-5,7-8,10-11H2,1-3H3. The Balaban J connectivity index is 2.03. The average Bonchev–Trinajstić information content (AvgIpc) is 3.17. The van der Waals surface area contributed by atoms with Gasteiger partial charge in [0.05, 0.1) is 0 Å². The van der Waals surface area contributed by atoms with E-state index in [-0.39, 0.29) is 0 Å². The lowest BCUT2D eigenvalue weighted by molar-refractivity contribution is 0.670. The third-order valence-electron chi connectivity index (χ3n) is 3.55. The number of nitrogens with one attached hydrogen (secondary N) is 1. The molecule has 100 valence electrons. The highest BCUT2D eigenvalue weighted by Crippen LogP contribution is 2.30. The molecular weight excluding hydrogens is 222 g/mol. The van der Waals surface area contributed by atoms with E-state index in [2.05, 4.69) is 43.1 Å². The van der Waals surface area contributed by atoms with Crippen LogP contribution in [0.2, 0.25) is 0 Å². The van der Waals surface area contributed by atoms with E-state index in [0.29, 0.717) is 0 Å². The van der Waals surface area contributed by atoms with Gasteiger partial charge in [0.1, 0.15) is 5.82 Å². The van der Waals surface area contributed by atoms with Crippen LogP contribution in [0, 0.1) is 6.92 Å². The van der Waals surface area contributed by atoms with E-state index in [4.69, 9.17) is 4.98 Å². The molecule has 3 heteroatoms. The Morgan fingerprint density at radius 2 is 2.11 bits per heavy atom. The minimum absolute atomic E-state index is 0.742. The number of aryl methyl sites for hydroxylation is 1. The molecule has 0 atom stereocenters. The number of nitrogens with zero attached hydrogens (tertiary/aromatic N) is 2. The van der Waals surface area contributed by atoms with Crippen molar-refractivity contribution < 1.29 is 0 Å². The molecule has 2 rings (SSSR count). The van der Waals surface area contributed by atoms with Crippen molar-refractivity contribution in [2.75, 3.05) is 18.0 Å². The molecule has 18 heavy (non-hydrogen) atoms. The highest BCUT2D eigenvalue weighted by molar-refractivity contribution is 5.44. The average molecular weight is 247 g/mol. The zero-order valence-electron chi connectivity index (χ0n) is 11.9. The summed E-state index contributed by atoms with van der Waals surface area (Å²) in [6.07, 6.45) is 3.83. The molecule has 1 heterocycles. The van der Waals surface area contributed by atoms with Crippen molar-refractivity contribution in [3.8, 4) is 0 Å². The number of hydrogen-bond donors (Lipinski definition) is 1. The molecule has 0 unspecified atom stereocenters. The van der Waals surface area contributed by atoms with Crippen LogP contribution in [0.25, 0.3) is 0 Å². The van der Waals surface area contributed by atoms with Crippen molar-refractivity contribution in [3.63, 3.8) is 0 Å². The van der Waals surface area contributed by atoms with Crippen molar-refractivity contribution in [2.24, 2.45) is 0 Å². The fourth-order valence-electron chi connectivity index (χ4n) is 2.32. The molecule has 0 spiro atoms. The Morgan fingerprint density at radius 3 is 2.67 bits per heavy atom. The summed E-state index contributed by atoms with van der Waals surface area (Å²) in [5.41, 5.74) is 2.48. The van der Waals surface area contributed by atoms with Gasteiger partial charge in [-0.15, -0.1) is 0 Å². The molecule has 1 aliphatic rings. The lowest BCUT2D eigenvalue weighted by Crippen LogP contribution is -2.26. The van der Waals surface area contributed by atoms with Gasteiger partial charge in [0.2, 0.25) is 0 Å². The van der Waals surface area contributed by atoms with Crippen LogP contribution in [0.3, 0.4) is 0 Å². The normalized spacial score (nSPS) is 14.8. The van der Waals surface area contributed by atoms with Crippen LogP contribution < -0.4 is 10.2 Å². The quantitative estimate of drug-likeness (QED) is 0.751. The maximum Gasteiger partial charge on any atom is 0.129 e. The van der Waals surface area contributed by atoms with E-state index in [1.165, 1.54) is 24.8 Å². The van der Waals surface area contributed by atoms with E-state index in [1.54, 1.807) is 0 Å². The van der Waals surface area contributed by atoms with Crippen molar-refractivity contribution in [1.29, 1.82) is 0 Å². The first-order valence-electron chi connectivity index (χ1n) is 7.20. The molecule has 0 radical (unpaired) electrons. The third-order valence-corrected chi connectivity index (χ3v) is 3.55. The van der Waals surface area contributed by atoms with Crippen LogP contribution in [0.1, 0.15) is 44.4 Å². The minimum Gasteiger partial charge on any atom is -0.354 e. The summed E-state index contributed by atoms with van der Waals surface area (Å²) < 4.78 is 0. The Bertz CT molecular complexity index is 385. The Hall–Kier alpha value is -1.09. The second kappa shape index (κ2) is 6.19. The van der Waals surface area contributed by atoms with Gasteiger partial charge in [-0.3, -0.25) is 0 Å². The molecule has 0 saturated heterocycles. The maximum absolute atomic E-state index is 4.77. The number of rotatable bonds is 7. The van der Waals surface area contributed by atoms with Crippen LogP contribution in [0.15, 0.2) is 12.1 Å². The molecule has 3 nitrogen and oxygen atoms in total. The van der Waals surface area contributed by atoms with Gasteiger partial charge in [-0.05, 0) is 51.3 Å². The van der Waals surface area contributed by atoms with Crippen LogP contribution in [0.4, 0.5) is 5.82 Å². The summed E-state index contributed by atoms with van der Waals surface area (Å²) in [6, 6.07) is 5.15. The van der Waals surface area contributed by atoms with E-state index in [1.807, 2.05) is 0 Å². The topological polar surface area (TPSA) is 28.2 Å². The Labute approximate surface area is 111 Å². The van der Waals surface area contributed by atoms with E-state index in [9.17, 15) is 0 Å². The number of pyridine rings is 1.